The Morgan fingerprint density at radius 2 is 0.489 bits per heavy atom. The molecule has 0 saturated heterocycles. The Labute approximate surface area is 278 Å². The molecule has 0 atom stereocenters. The second kappa shape index (κ2) is 18.6. The zero-order valence-electron chi connectivity index (χ0n) is 24.1. The number of nitrogens with zero attached hydrogens (tertiary/aromatic N) is 2. The molecule has 0 heterocycles. The minimum absolute atomic E-state index is 0.446. The third-order valence-corrected chi connectivity index (χ3v) is 13.4. The SMILES string of the molecule is O=[N][Mo]([Cl])([Cl])[N]=O.c1ccc(P(c2ccccc2)c2ccccc2)cc1.c1ccc(P(c2ccccc2)c2ccccc2)cc1. The standard InChI is InChI=1S/2C18H15P.2ClH.Mo.2NO/c2*1-4-10-16(11-5-1)19(17-12-6-2-7-13-17)18-14-8-3-9-15-18;;;;2*1-2/h2*1-15H;2*1H;;;/q;;;;+4;2*-1/p-2. The Bertz CT molecular complexity index is 1390. The van der Waals surface area contributed by atoms with E-state index in [9.17, 15) is 9.81 Å². The number of rotatable bonds is 8. The quantitative estimate of drug-likeness (QED) is 0.0889. The Balaban J connectivity index is 0.000000170. The first kappa shape index (κ1) is 34.5. The summed E-state index contributed by atoms with van der Waals surface area (Å²) in [5, 5.41) is 8.39. The molecule has 0 aromatic heterocycles. The normalized spacial score (nSPS) is 10.9. The van der Waals surface area contributed by atoms with E-state index >= 15 is 0 Å². The third kappa shape index (κ3) is 10.9. The molecule has 4 nitrogen and oxygen atoms in total. The number of hydrogen-bond acceptors (Lipinski definition) is 4. The summed E-state index contributed by atoms with van der Waals surface area (Å²) in [4.78, 5) is 18.7. The predicted octanol–water partition coefficient (Wildman–Crippen LogP) is 8.70. The van der Waals surface area contributed by atoms with Crippen LogP contribution < -0.4 is 31.8 Å². The van der Waals surface area contributed by atoms with Crippen LogP contribution in [-0.2, 0) is 14.5 Å². The van der Waals surface area contributed by atoms with Gasteiger partial charge in [0.2, 0.25) is 0 Å². The number of benzene rings is 6. The maximum Gasteiger partial charge on any atom is -0.0134 e. The van der Waals surface area contributed by atoms with Gasteiger partial charge in [-0.1, -0.05) is 182 Å². The van der Waals surface area contributed by atoms with Gasteiger partial charge in [0.15, 0.2) is 0 Å². The van der Waals surface area contributed by atoms with Gasteiger partial charge < -0.3 is 0 Å². The molecule has 0 N–H and O–H groups in total. The summed E-state index contributed by atoms with van der Waals surface area (Å²) in [7, 11) is 8.91. The van der Waals surface area contributed by atoms with Crippen molar-refractivity contribution in [3.05, 3.63) is 192 Å². The van der Waals surface area contributed by atoms with E-state index < -0.39 is 30.3 Å². The molecule has 0 saturated carbocycles. The molecule has 45 heavy (non-hydrogen) atoms. The fourth-order valence-electron chi connectivity index (χ4n) is 4.37. The average molecular weight is 751 g/mol. The first-order valence-electron chi connectivity index (χ1n) is 13.8. The molecule has 0 aliphatic heterocycles. The van der Waals surface area contributed by atoms with Crippen LogP contribution in [0.2, 0.25) is 0 Å². The van der Waals surface area contributed by atoms with E-state index in [-0.39, 0.29) is 0 Å². The summed E-state index contributed by atoms with van der Waals surface area (Å²) in [6.07, 6.45) is 0. The molecule has 0 radical (unpaired) electrons. The van der Waals surface area contributed by atoms with E-state index in [1.807, 2.05) is 0 Å². The van der Waals surface area contributed by atoms with Gasteiger partial charge in [-0.3, -0.25) is 0 Å². The Kier molecular flexibility index (Phi) is 14.3. The van der Waals surface area contributed by atoms with Crippen molar-refractivity contribution in [1.82, 2.24) is 0 Å². The Hall–Kier alpha value is -3.35. The fourth-order valence-corrected chi connectivity index (χ4v) is 9.05. The number of halogens is 2. The van der Waals surface area contributed by atoms with Gasteiger partial charge in [-0.2, -0.15) is 0 Å². The molecular weight excluding hydrogens is 721 g/mol. The largest absolute Gasteiger partial charge is 0.0622 e. The van der Waals surface area contributed by atoms with Gasteiger partial charge in [-0.25, -0.2) is 0 Å². The Morgan fingerprint density at radius 3 is 0.600 bits per heavy atom. The van der Waals surface area contributed by atoms with Crippen LogP contribution in [0.5, 0.6) is 0 Å². The summed E-state index contributed by atoms with van der Waals surface area (Å²) in [5.41, 5.74) is 0. The molecule has 0 aliphatic carbocycles. The second-order valence-electron chi connectivity index (χ2n) is 9.25. The molecule has 9 heteroatoms. The minimum atomic E-state index is -4.02. The predicted molar refractivity (Wildman–Crippen MR) is 194 cm³/mol. The van der Waals surface area contributed by atoms with Gasteiger partial charge in [-0.15, -0.1) is 0 Å². The number of hydrogen-bond donors (Lipinski definition) is 0. The Morgan fingerprint density at radius 1 is 0.333 bits per heavy atom. The van der Waals surface area contributed by atoms with E-state index in [0.29, 0.717) is 0 Å². The average Bonchev–Trinajstić information content (AvgIpc) is 3.12. The van der Waals surface area contributed by atoms with Crippen LogP contribution in [-0.4, -0.2) is 0 Å². The zero-order valence-corrected chi connectivity index (χ0v) is 29.4. The van der Waals surface area contributed by atoms with E-state index in [4.69, 9.17) is 18.8 Å². The topological polar surface area (TPSA) is 58.9 Å². The molecule has 6 aromatic rings. The molecular formula is C36H30Cl2MoN2O2P2. The first-order chi connectivity index (χ1) is 22.0. The number of nitroso groups, excluding NO2 is 2. The molecule has 0 fully saturated rings. The minimum Gasteiger partial charge on any atom is -0.0622 e. The van der Waals surface area contributed by atoms with E-state index in [1.54, 1.807) is 0 Å². The summed E-state index contributed by atoms with van der Waals surface area (Å²) >= 11 is -4.02. The van der Waals surface area contributed by atoms with Crippen molar-refractivity contribution in [3.63, 3.8) is 0 Å². The van der Waals surface area contributed by atoms with Crippen LogP contribution in [0.25, 0.3) is 0 Å². The van der Waals surface area contributed by atoms with Crippen LogP contribution in [0.3, 0.4) is 0 Å². The molecule has 0 aliphatic rings. The zero-order chi connectivity index (χ0) is 31.7. The van der Waals surface area contributed by atoms with Crippen molar-refractivity contribution in [2.24, 2.45) is 7.47 Å². The first-order valence-corrected chi connectivity index (χ1v) is 23.5. The van der Waals surface area contributed by atoms with E-state index in [2.05, 4.69) is 189 Å². The molecule has 0 bridgehead atoms. The maximum absolute atomic E-state index is 9.33. The van der Waals surface area contributed by atoms with Gasteiger partial charge >= 0.3 is 50.6 Å². The molecule has 0 unspecified atom stereocenters. The van der Waals surface area contributed by atoms with Crippen LogP contribution in [0.15, 0.2) is 189 Å². The van der Waals surface area contributed by atoms with Gasteiger partial charge in [0.25, 0.3) is 0 Å². The van der Waals surface area contributed by atoms with E-state index in [0.717, 1.165) is 0 Å². The summed E-state index contributed by atoms with van der Waals surface area (Å²) in [5.74, 6) is 0. The van der Waals surface area contributed by atoms with Crippen LogP contribution >= 0.6 is 34.7 Å². The third-order valence-electron chi connectivity index (χ3n) is 6.27. The van der Waals surface area contributed by atoms with Crippen molar-refractivity contribution in [3.8, 4) is 0 Å². The molecule has 6 aromatic carbocycles. The van der Waals surface area contributed by atoms with Crippen molar-refractivity contribution in [2.45, 2.75) is 0 Å². The van der Waals surface area contributed by atoms with Crippen LogP contribution in [0.4, 0.5) is 0 Å². The van der Waals surface area contributed by atoms with Crippen LogP contribution in [0, 0.1) is 9.81 Å². The summed E-state index contributed by atoms with van der Waals surface area (Å²) in [6.45, 7) is 0. The van der Waals surface area contributed by atoms with Crippen molar-refractivity contribution < 1.29 is 14.5 Å². The van der Waals surface area contributed by atoms with Gasteiger partial charge in [0.05, 0.1) is 0 Å². The van der Waals surface area contributed by atoms with Crippen molar-refractivity contribution in [2.75, 3.05) is 0 Å². The van der Waals surface area contributed by atoms with Crippen molar-refractivity contribution in [1.29, 1.82) is 0 Å². The van der Waals surface area contributed by atoms with E-state index in [1.165, 1.54) is 31.8 Å². The van der Waals surface area contributed by atoms with Crippen molar-refractivity contribution >= 4 is 66.5 Å². The molecule has 6 rings (SSSR count). The molecule has 0 spiro atoms. The van der Waals surface area contributed by atoms with Gasteiger partial charge in [-0.05, 0) is 47.7 Å². The second-order valence-corrected chi connectivity index (χ2v) is 22.5. The molecule has 226 valence electrons. The van der Waals surface area contributed by atoms with Gasteiger partial charge in [0, 0.05) is 0 Å². The summed E-state index contributed by atoms with van der Waals surface area (Å²) < 4.78 is 4.26. The van der Waals surface area contributed by atoms with Crippen LogP contribution in [0.1, 0.15) is 0 Å². The molecule has 0 amide bonds. The van der Waals surface area contributed by atoms with Gasteiger partial charge in [0.1, 0.15) is 0 Å². The monoisotopic (exact) mass is 752 g/mol. The summed E-state index contributed by atoms with van der Waals surface area (Å²) in [6, 6.07) is 64.7. The fraction of sp³-hybridized carbons (Fsp3) is 0. The maximum atomic E-state index is 9.33. The smallest absolute Gasteiger partial charge is 0.0134 e.